The van der Waals surface area contributed by atoms with E-state index in [0.717, 1.165) is 0 Å². The first-order chi connectivity index (χ1) is 13.0. The van der Waals surface area contributed by atoms with Gasteiger partial charge in [0.25, 0.3) is 5.91 Å². The highest BCUT2D eigenvalue weighted by atomic mass is 19.1. The molecule has 0 spiro atoms. The largest absolute Gasteiger partial charge is 0.347 e. The zero-order valence-corrected chi connectivity index (χ0v) is 14.5. The van der Waals surface area contributed by atoms with Gasteiger partial charge in [-0.3, -0.25) is 19.2 Å². The van der Waals surface area contributed by atoms with Gasteiger partial charge in [-0.1, -0.05) is 0 Å². The highest BCUT2D eigenvalue weighted by molar-refractivity contribution is 5.97. The van der Waals surface area contributed by atoms with Gasteiger partial charge in [-0.2, -0.15) is 5.26 Å². The van der Waals surface area contributed by atoms with Gasteiger partial charge in [0.1, 0.15) is 12.7 Å². The molecule has 1 aromatic rings. The van der Waals surface area contributed by atoms with Gasteiger partial charge in [0.15, 0.2) is 5.78 Å². The van der Waals surface area contributed by atoms with Crippen molar-refractivity contribution >= 4 is 23.5 Å². The van der Waals surface area contributed by atoms with Crippen LogP contribution >= 0.6 is 0 Å². The lowest BCUT2D eigenvalue weighted by Gasteiger charge is -2.24. The van der Waals surface area contributed by atoms with E-state index in [0.29, 0.717) is 30.5 Å². The Morgan fingerprint density at radius 1 is 1.15 bits per heavy atom. The number of nitrogens with one attached hydrogen (secondary N) is 2. The number of likely N-dealkylation sites (tertiary alicyclic amines) is 1. The molecule has 9 heteroatoms. The first-order valence-corrected chi connectivity index (χ1v) is 8.39. The van der Waals surface area contributed by atoms with Crippen molar-refractivity contribution < 1.29 is 23.6 Å². The van der Waals surface area contributed by atoms with Gasteiger partial charge in [0.05, 0.1) is 24.7 Å². The summed E-state index contributed by atoms with van der Waals surface area (Å²) < 4.78 is 12.2. The Balaban J connectivity index is 1.88. The number of carbonyl (C=O) groups excluding carboxylic acids is 4. The topological polar surface area (TPSA) is 119 Å². The van der Waals surface area contributed by atoms with Crippen molar-refractivity contribution in [3.05, 3.63) is 35.4 Å². The van der Waals surface area contributed by atoms with Crippen LogP contribution < -0.4 is 10.6 Å². The summed E-state index contributed by atoms with van der Waals surface area (Å²) >= 11 is 0. The fraction of sp³-hybridized carbons (Fsp3) is 0.389. The number of ketones is 1. The Morgan fingerprint density at radius 3 is 2.48 bits per heavy atom. The number of hydrogen-bond acceptors (Lipinski definition) is 5. The smallest absolute Gasteiger partial charge is 0.251 e. The highest BCUT2D eigenvalue weighted by Gasteiger charge is 2.34. The summed E-state index contributed by atoms with van der Waals surface area (Å²) in [7, 11) is 0. The summed E-state index contributed by atoms with van der Waals surface area (Å²) in [6.07, 6.45) is 1.05. The number of benzene rings is 1. The van der Waals surface area contributed by atoms with Crippen molar-refractivity contribution in [2.45, 2.75) is 18.9 Å². The minimum Gasteiger partial charge on any atom is -0.347 e. The van der Waals surface area contributed by atoms with E-state index in [4.69, 9.17) is 5.26 Å². The number of hydrogen-bond donors (Lipinski definition) is 2. The molecule has 1 atom stereocenters. The molecule has 1 saturated heterocycles. The summed E-state index contributed by atoms with van der Waals surface area (Å²) in [5.74, 6) is -2.15. The van der Waals surface area contributed by atoms with E-state index >= 15 is 0 Å². The molecule has 27 heavy (non-hydrogen) atoms. The van der Waals surface area contributed by atoms with Crippen molar-refractivity contribution in [2.75, 3.05) is 26.3 Å². The van der Waals surface area contributed by atoms with Crippen LogP contribution in [0, 0.1) is 11.3 Å². The van der Waals surface area contributed by atoms with Crippen LogP contribution in [-0.4, -0.2) is 60.8 Å². The molecule has 1 fully saturated rings. The van der Waals surface area contributed by atoms with Crippen molar-refractivity contribution in [3.8, 4) is 6.07 Å². The lowest BCUT2D eigenvalue weighted by molar-refractivity contribution is -0.138. The van der Waals surface area contributed by atoms with Gasteiger partial charge < -0.3 is 15.5 Å². The van der Waals surface area contributed by atoms with Crippen molar-refractivity contribution in [1.82, 2.24) is 15.5 Å². The molecule has 0 aromatic heterocycles. The van der Waals surface area contributed by atoms with Gasteiger partial charge in [0.2, 0.25) is 11.8 Å². The van der Waals surface area contributed by atoms with Gasteiger partial charge in [-0.05, 0) is 37.1 Å². The second kappa shape index (κ2) is 9.43. The average Bonchev–Trinajstić information content (AvgIpc) is 3.19. The molecule has 1 aliphatic rings. The molecule has 0 bridgehead atoms. The number of nitrogens with zero attached hydrogens (tertiary/aromatic N) is 2. The average molecular weight is 374 g/mol. The van der Waals surface area contributed by atoms with Gasteiger partial charge >= 0.3 is 0 Å². The highest BCUT2D eigenvalue weighted by Crippen LogP contribution is 2.17. The minimum absolute atomic E-state index is 0.286. The molecule has 1 heterocycles. The van der Waals surface area contributed by atoms with Gasteiger partial charge in [-0.15, -0.1) is 0 Å². The Labute approximate surface area is 155 Å². The van der Waals surface area contributed by atoms with E-state index in [1.165, 1.54) is 29.2 Å². The second-order valence-electron chi connectivity index (χ2n) is 6.01. The van der Waals surface area contributed by atoms with Gasteiger partial charge in [0, 0.05) is 12.1 Å². The predicted octanol–water partition coefficient (Wildman–Crippen LogP) is -0.0661. The molecule has 8 nitrogen and oxygen atoms in total. The maximum atomic E-state index is 12.4. The number of amides is 3. The number of rotatable bonds is 7. The van der Waals surface area contributed by atoms with E-state index in [1.807, 2.05) is 6.07 Å². The van der Waals surface area contributed by atoms with Gasteiger partial charge in [-0.25, -0.2) is 4.39 Å². The first kappa shape index (κ1) is 20.0. The van der Waals surface area contributed by atoms with Crippen LogP contribution in [0.4, 0.5) is 4.39 Å². The normalized spacial score (nSPS) is 15.7. The number of carbonyl (C=O) groups is 4. The SMILES string of the molecule is N#Cc1ccc(C(=O)NCC(=O)N2CCCC2C(=O)NCC(=O)CF)cc1. The summed E-state index contributed by atoms with van der Waals surface area (Å²) in [6, 6.07) is 7.16. The van der Waals surface area contributed by atoms with E-state index in [9.17, 15) is 23.6 Å². The Hall–Kier alpha value is -3.28. The molecular formula is C18H19FN4O4. The lowest BCUT2D eigenvalue weighted by atomic mass is 10.1. The van der Waals surface area contributed by atoms with Crippen LogP contribution in [-0.2, 0) is 14.4 Å². The fourth-order valence-electron chi connectivity index (χ4n) is 2.74. The third-order valence-corrected chi connectivity index (χ3v) is 4.16. The molecule has 1 aromatic carbocycles. The summed E-state index contributed by atoms with van der Waals surface area (Å²) in [5, 5.41) is 13.6. The van der Waals surface area contributed by atoms with E-state index < -0.39 is 42.8 Å². The van der Waals surface area contributed by atoms with Crippen LogP contribution in [0.2, 0.25) is 0 Å². The molecule has 2 rings (SSSR count). The molecule has 0 aliphatic carbocycles. The maximum absolute atomic E-state index is 12.4. The monoisotopic (exact) mass is 374 g/mol. The standard InChI is InChI=1S/C18H19FN4O4/c19-8-14(24)10-21-18(27)15-2-1-7-23(15)16(25)11-22-17(26)13-5-3-12(9-20)4-6-13/h3-6,15H,1-2,7-8,10-11H2,(H,21,27)(H,22,26). The molecule has 0 saturated carbocycles. The van der Waals surface area contributed by atoms with Crippen molar-refractivity contribution in [2.24, 2.45) is 0 Å². The fourth-order valence-corrected chi connectivity index (χ4v) is 2.74. The quantitative estimate of drug-likeness (QED) is 0.693. The molecular weight excluding hydrogens is 355 g/mol. The minimum atomic E-state index is -1.16. The number of alkyl halides is 1. The molecule has 0 radical (unpaired) electrons. The molecule has 1 aliphatic heterocycles. The third kappa shape index (κ3) is 5.34. The summed E-state index contributed by atoms with van der Waals surface area (Å²) in [6.45, 7) is -1.50. The van der Waals surface area contributed by atoms with Crippen LogP contribution in [0.15, 0.2) is 24.3 Å². The Kier molecular flexibility index (Phi) is 7.00. The van der Waals surface area contributed by atoms with Crippen LogP contribution in [0.3, 0.4) is 0 Å². The predicted molar refractivity (Wildman–Crippen MR) is 92.2 cm³/mol. The number of nitriles is 1. The zero-order valence-electron chi connectivity index (χ0n) is 14.5. The van der Waals surface area contributed by atoms with Crippen LogP contribution in [0.25, 0.3) is 0 Å². The summed E-state index contributed by atoms with van der Waals surface area (Å²) in [4.78, 5) is 48.8. The first-order valence-electron chi connectivity index (χ1n) is 8.39. The summed E-state index contributed by atoms with van der Waals surface area (Å²) in [5.41, 5.74) is 0.724. The maximum Gasteiger partial charge on any atom is 0.251 e. The van der Waals surface area contributed by atoms with Crippen molar-refractivity contribution in [3.63, 3.8) is 0 Å². The van der Waals surface area contributed by atoms with E-state index in [-0.39, 0.29) is 6.54 Å². The number of Topliss-reactive ketones (excluding diaryl/α,β-unsaturated/α-hetero) is 1. The molecule has 142 valence electrons. The number of halogens is 1. The van der Waals surface area contributed by atoms with Crippen LogP contribution in [0.1, 0.15) is 28.8 Å². The molecule has 2 N–H and O–H groups in total. The van der Waals surface area contributed by atoms with E-state index in [1.54, 1.807) is 0 Å². The lowest BCUT2D eigenvalue weighted by Crippen LogP contribution is -2.49. The second-order valence-corrected chi connectivity index (χ2v) is 6.01. The van der Waals surface area contributed by atoms with Crippen molar-refractivity contribution in [1.29, 1.82) is 5.26 Å². The molecule has 3 amide bonds. The Bertz CT molecular complexity index is 773. The Morgan fingerprint density at radius 2 is 1.85 bits per heavy atom. The third-order valence-electron chi connectivity index (χ3n) is 4.16. The molecule has 1 unspecified atom stereocenters. The zero-order chi connectivity index (χ0) is 19.8. The van der Waals surface area contributed by atoms with Crippen LogP contribution in [0.5, 0.6) is 0 Å². The van der Waals surface area contributed by atoms with E-state index in [2.05, 4.69) is 10.6 Å².